The molecule has 1 atom stereocenters. The van der Waals surface area contributed by atoms with Gasteiger partial charge < -0.3 is 4.74 Å². The highest BCUT2D eigenvalue weighted by molar-refractivity contribution is 7.89. The zero-order valence-electron chi connectivity index (χ0n) is 12.1. The van der Waals surface area contributed by atoms with Crippen molar-refractivity contribution >= 4 is 21.6 Å². The van der Waals surface area contributed by atoms with Crippen molar-refractivity contribution in [2.24, 2.45) is 0 Å². The van der Waals surface area contributed by atoms with E-state index >= 15 is 0 Å². The van der Waals surface area contributed by atoms with Crippen LogP contribution in [0.4, 0.5) is 4.39 Å². The standard InChI is InChI=1S/C14H19ClFNO3S/c1-14(20-2)6-3-7-17(10-14)21(18,19)13-5-4-11(9-15)8-12(13)16/h4-5,8H,3,6-7,9-10H2,1-2H3. The Kier molecular flexibility index (Phi) is 4.92. The number of sulfonamides is 1. The summed E-state index contributed by atoms with van der Waals surface area (Å²) >= 11 is 5.63. The first-order chi connectivity index (χ1) is 9.82. The minimum Gasteiger partial charge on any atom is -0.377 e. The third kappa shape index (κ3) is 3.39. The second-order valence-corrected chi connectivity index (χ2v) is 7.67. The van der Waals surface area contributed by atoms with Crippen LogP contribution in [0.15, 0.2) is 23.1 Å². The Hall–Kier alpha value is -0.690. The van der Waals surface area contributed by atoms with Crippen LogP contribution in [0, 0.1) is 5.82 Å². The van der Waals surface area contributed by atoms with Gasteiger partial charge in [-0.1, -0.05) is 6.07 Å². The average molecular weight is 336 g/mol. The van der Waals surface area contributed by atoms with Crippen LogP contribution < -0.4 is 0 Å². The molecule has 118 valence electrons. The van der Waals surface area contributed by atoms with Crippen LogP contribution in [-0.4, -0.2) is 38.5 Å². The number of benzene rings is 1. The summed E-state index contributed by atoms with van der Waals surface area (Å²) < 4.78 is 46.0. The number of nitrogens with zero attached hydrogens (tertiary/aromatic N) is 1. The second kappa shape index (κ2) is 6.20. The smallest absolute Gasteiger partial charge is 0.246 e. The minimum absolute atomic E-state index is 0.142. The van der Waals surface area contributed by atoms with E-state index in [0.29, 0.717) is 18.5 Å². The number of rotatable bonds is 4. The Morgan fingerprint density at radius 2 is 2.19 bits per heavy atom. The topological polar surface area (TPSA) is 46.6 Å². The van der Waals surface area contributed by atoms with Crippen molar-refractivity contribution in [1.82, 2.24) is 4.31 Å². The number of piperidine rings is 1. The van der Waals surface area contributed by atoms with Crippen molar-refractivity contribution in [3.05, 3.63) is 29.6 Å². The quantitative estimate of drug-likeness (QED) is 0.795. The van der Waals surface area contributed by atoms with E-state index in [9.17, 15) is 12.8 Å². The third-order valence-electron chi connectivity index (χ3n) is 3.89. The molecule has 1 saturated heterocycles. The molecule has 7 heteroatoms. The zero-order chi connectivity index (χ0) is 15.7. The molecule has 1 fully saturated rings. The van der Waals surface area contributed by atoms with Gasteiger partial charge >= 0.3 is 0 Å². The van der Waals surface area contributed by atoms with E-state index < -0.39 is 21.4 Å². The highest BCUT2D eigenvalue weighted by atomic mass is 35.5. The first-order valence-corrected chi connectivity index (χ1v) is 8.69. The van der Waals surface area contributed by atoms with Gasteiger partial charge in [-0.15, -0.1) is 11.6 Å². The molecule has 1 aliphatic rings. The Morgan fingerprint density at radius 3 is 2.76 bits per heavy atom. The van der Waals surface area contributed by atoms with E-state index in [1.165, 1.54) is 22.5 Å². The molecule has 21 heavy (non-hydrogen) atoms. The fraction of sp³-hybridized carbons (Fsp3) is 0.571. The first-order valence-electron chi connectivity index (χ1n) is 6.72. The Labute approximate surface area is 129 Å². The normalized spacial score (nSPS) is 24.2. The monoisotopic (exact) mass is 335 g/mol. The molecule has 1 aliphatic heterocycles. The van der Waals surface area contributed by atoms with Crippen molar-refractivity contribution in [2.45, 2.75) is 36.1 Å². The zero-order valence-corrected chi connectivity index (χ0v) is 13.7. The average Bonchev–Trinajstić information content (AvgIpc) is 2.46. The van der Waals surface area contributed by atoms with Gasteiger partial charge in [0.1, 0.15) is 10.7 Å². The van der Waals surface area contributed by atoms with E-state index in [2.05, 4.69) is 0 Å². The van der Waals surface area contributed by atoms with Gasteiger partial charge in [0.15, 0.2) is 0 Å². The Bertz CT molecular complexity index is 623. The molecule has 0 aliphatic carbocycles. The first kappa shape index (κ1) is 16.7. The molecule has 0 bridgehead atoms. The molecule has 1 aromatic carbocycles. The lowest BCUT2D eigenvalue weighted by molar-refractivity contribution is -0.0319. The van der Waals surface area contributed by atoms with Gasteiger partial charge in [-0.2, -0.15) is 4.31 Å². The fourth-order valence-electron chi connectivity index (χ4n) is 2.51. The molecular weight excluding hydrogens is 317 g/mol. The van der Waals surface area contributed by atoms with Gasteiger partial charge in [0.05, 0.1) is 5.60 Å². The lowest BCUT2D eigenvalue weighted by Crippen LogP contribution is -2.49. The molecule has 0 spiro atoms. The minimum atomic E-state index is -3.86. The summed E-state index contributed by atoms with van der Waals surface area (Å²) in [4.78, 5) is -0.309. The lowest BCUT2D eigenvalue weighted by Gasteiger charge is -2.38. The van der Waals surface area contributed by atoms with E-state index in [1.54, 1.807) is 7.11 Å². The van der Waals surface area contributed by atoms with E-state index in [4.69, 9.17) is 16.3 Å². The largest absolute Gasteiger partial charge is 0.377 e. The summed E-state index contributed by atoms with van der Waals surface area (Å²) in [7, 11) is -2.30. The maximum atomic E-state index is 14.1. The van der Waals surface area contributed by atoms with Crippen LogP contribution in [0.3, 0.4) is 0 Å². The number of alkyl halides is 1. The number of ether oxygens (including phenoxy) is 1. The van der Waals surface area contributed by atoms with E-state index in [0.717, 1.165) is 6.42 Å². The molecule has 1 aromatic rings. The van der Waals surface area contributed by atoms with Crippen LogP contribution in [0.25, 0.3) is 0 Å². The molecule has 0 radical (unpaired) electrons. The van der Waals surface area contributed by atoms with Crippen LogP contribution in [0.1, 0.15) is 25.3 Å². The highest BCUT2D eigenvalue weighted by Crippen LogP contribution is 2.29. The molecule has 1 heterocycles. The number of methoxy groups -OCH3 is 1. The molecule has 0 N–H and O–H groups in total. The van der Waals surface area contributed by atoms with Gasteiger partial charge in [-0.05, 0) is 37.5 Å². The van der Waals surface area contributed by atoms with Crippen LogP contribution in [-0.2, 0) is 20.6 Å². The molecular formula is C14H19ClFNO3S. The van der Waals surface area contributed by atoms with Gasteiger partial charge in [-0.25, -0.2) is 12.8 Å². The van der Waals surface area contributed by atoms with Crippen LogP contribution in [0.2, 0.25) is 0 Å². The van der Waals surface area contributed by atoms with Crippen molar-refractivity contribution in [2.75, 3.05) is 20.2 Å². The summed E-state index contributed by atoms with van der Waals surface area (Å²) in [6.45, 7) is 2.46. The van der Waals surface area contributed by atoms with Crippen molar-refractivity contribution in [3.8, 4) is 0 Å². The highest BCUT2D eigenvalue weighted by Gasteiger charge is 2.38. The summed E-state index contributed by atoms with van der Waals surface area (Å²) in [6, 6.07) is 3.98. The van der Waals surface area contributed by atoms with Gasteiger partial charge in [-0.3, -0.25) is 0 Å². The Morgan fingerprint density at radius 1 is 1.48 bits per heavy atom. The summed E-state index contributed by atoms with van der Waals surface area (Å²) in [5, 5.41) is 0. The lowest BCUT2D eigenvalue weighted by atomic mass is 9.96. The SMILES string of the molecule is COC1(C)CCCN(S(=O)(=O)c2ccc(CCl)cc2F)C1. The number of halogens is 2. The predicted octanol–water partition coefficient (Wildman–Crippen LogP) is 2.75. The maximum absolute atomic E-state index is 14.1. The van der Waals surface area contributed by atoms with E-state index in [1.807, 2.05) is 6.92 Å². The van der Waals surface area contributed by atoms with Crippen molar-refractivity contribution < 1.29 is 17.5 Å². The van der Waals surface area contributed by atoms with Gasteiger partial charge in [0, 0.05) is 26.1 Å². The fourth-order valence-corrected chi connectivity index (χ4v) is 4.31. The number of hydrogen-bond acceptors (Lipinski definition) is 3. The van der Waals surface area contributed by atoms with Crippen LogP contribution >= 0.6 is 11.6 Å². The summed E-state index contributed by atoms with van der Waals surface area (Å²) in [6.07, 6.45) is 1.47. The Balaban J connectivity index is 2.34. The van der Waals surface area contributed by atoms with Crippen LogP contribution in [0.5, 0.6) is 0 Å². The second-order valence-electron chi connectivity index (χ2n) is 5.49. The van der Waals surface area contributed by atoms with Gasteiger partial charge in [0.25, 0.3) is 0 Å². The summed E-state index contributed by atoms with van der Waals surface area (Å²) in [5.41, 5.74) is 0.0196. The predicted molar refractivity (Wildman–Crippen MR) is 79.4 cm³/mol. The van der Waals surface area contributed by atoms with Gasteiger partial charge in [0.2, 0.25) is 10.0 Å². The third-order valence-corrected chi connectivity index (χ3v) is 6.07. The molecule has 0 amide bonds. The summed E-state index contributed by atoms with van der Waals surface area (Å²) in [5.74, 6) is -0.624. The molecule has 0 saturated carbocycles. The maximum Gasteiger partial charge on any atom is 0.246 e. The van der Waals surface area contributed by atoms with Crippen molar-refractivity contribution in [1.29, 1.82) is 0 Å². The van der Waals surface area contributed by atoms with E-state index in [-0.39, 0.29) is 17.3 Å². The number of hydrogen-bond donors (Lipinski definition) is 0. The molecule has 4 nitrogen and oxygen atoms in total. The molecule has 2 rings (SSSR count). The van der Waals surface area contributed by atoms with Crippen molar-refractivity contribution in [3.63, 3.8) is 0 Å². The molecule has 0 aromatic heterocycles. The molecule has 1 unspecified atom stereocenters.